The molecule has 9 heteroatoms. The zero-order valence-corrected chi connectivity index (χ0v) is 16.4. The average Bonchev–Trinajstić information content (AvgIpc) is 2.62. The summed E-state index contributed by atoms with van der Waals surface area (Å²) >= 11 is 0. The van der Waals surface area contributed by atoms with E-state index in [1.165, 1.54) is 24.7 Å². The highest BCUT2D eigenvalue weighted by Gasteiger charge is 2.15. The van der Waals surface area contributed by atoms with Gasteiger partial charge < -0.3 is 14.1 Å². The van der Waals surface area contributed by atoms with Crippen LogP contribution in [0.15, 0.2) is 62.9 Å². The molecule has 0 spiro atoms. The van der Waals surface area contributed by atoms with Crippen LogP contribution in [0.5, 0.6) is 11.5 Å². The maximum Gasteiger partial charge on any atom is 0.229 e. The van der Waals surface area contributed by atoms with Crippen molar-refractivity contribution in [3.05, 3.63) is 59.0 Å². The Balaban J connectivity index is 2.16. The standard InChI is InChI=1S/C19H19N3O5S/c1-22(2)12-20-16-11-26-17-10-15(21-28(3,24)25)18(9-14(17)19(16)23)27-13-7-5-4-6-8-13/h4-12,21H,1-3H3. The molecular weight excluding hydrogens is 382 g/mol. The van der Waals surface area contributed by atoms with E-state index in [-0.39, 0.29) is 33.5 Å². The molecule has 0 aliphatic rings. The van der Waals surface area contributed by atoms with Crippen LogP contribution in [-0.2, 0) is 10.0 Å². The van der Waals surface area contributed by atoms with E-state index in [9.17, 15) is 13.2 Å². The van der Waals surface area contributed by atoms with E-state index in [1.807, 2.05) is 6.07 Å². The number of sulfonamides is 1. The lowest BCUT2D eigenvalue weighted by atomic mass is 10.2. The molecule has 1 N–H and O–H groups in total. The van der Waals surface area contributed by atoms with Crippen LogP contribution in [0.1, 0.15) is 0 Å². The van der Waals surface area contributed by atoms with Crippen LogP contribution in [0.2, 0.25) is 0 Å². The SMILES string of the molecule is CN(C)C=Nc1coc2cc(NS(C)(=O)=O)c(Oc3ccccc3)cc2c1=O. The largest absolute Gasteiger partial charge is 0.462 e. The maximum atomic E-state index is 12.8. The number of nitrogens with zero attached hydrogens (tertiary/aromatic N) is 2. The van der Waals surface area contributed by atoms with Gasteiger partial charge in [0.15, 0.2) is 5.75 Å². The van der Waals surface area contributed by atoms with Crippen molar-refractivity contribution in [3.63, 3.8) is 0 Å². The van der Waals surface area contributed by atoms with Crippen LogP contribution in [0, 0.1) is 0 Å². The van der Waals surface area contributed by atoms with Gasteiger partial charge in [-0.15, -0.1) is 0 Å². The van der Waals surface area contributed by atoms with Gasteiger partial charge in [0.25, 0.3) is 0 Å². The summed E-state index contributed by atoms with van der Waals surface area (Å²) in [5.74, 6) is 0.662. The fraction of sp³-hybridized carbons (Fsp3) is 0.158. The van der Waals surface area contributed by atoms with Crippen LogP contribution in [-0.4, -0.2) is 40.0 Å². The smallest absolute Gasteiger partial charge is 0.229 e. The third-order valence-electron chi connectivity index (χ3n) is 3.55. The topological polar surface area (TPSA) is 101 Å². The first-order chi connectivity index (χ1) is 13.2. The molecule has 0 bridgehead atoms. The highest BCUT2D eigenvalue weighted by Crippen LogP contribution is 2.34. The van der Waals surface area contributed by atoms with Gasteiger partial charge in [0.05, 0.1) is 23.7 Å². The lowest BCUT2D eigenvalue weighted by Crippen LogP contribution is -2.11. The molecule has 146 valence electrons. The third-order valence-corrected chi connectivity index (χ3v) is 4.14. The van der Waals surface area contributed by atoms with Gasteiger partial charge >= 0.3 is 0 Å². The third kappa shape index (κ3) is 4.68. The normalized spacial score (nSPS) is 11.7. The molecule has 8 nitrogen and oxygen atoms in total. The van der Waals surface area contributed by atoms with Crippen LogP contribution in [0.3, 0.4) is 0 Å². The van der Waals surface area contributed by atoms with Crippen LogP contribution in [0.25, 0.3) is 11.0 Å². The predicted molar refractivity (Wildman–Crippen MR) is 109 cm³/mol. The number of rotatable bonds is 6. The molecule has 1 aromatic heterocycles. The van der Waals surface area contributed by atoms with Gasteiger partial charge in [0.2, 0.25) is 15.5 Å². The molecule has 3 aromatic rings. The van der Waals surface area contributed by atoms with Gasteiger partial charge in [-0.25, -0.2) is 13.4 Å². The van der Waals surface area contributed by atoms with E-state index < -0.39 is 10.0 Å². The van der Waals surface area contributed by atoms with Crippen molar-refractivity contribution in [2.24, 2.45) is 4.99 Å². The molecule has 2 aromatic carbocycles. The van der Waals surface area contributed by atoms with E-state index in [0.29, 0.717) is 5.75 Å². The molecule has 0 saturated heterocycles. The number of hydrogen-bond acceptors (Lipinski definition) is 6. The first kappa shape index (κ1) is 19.4. The molecule has 0 fully saturated rings. The highest BCUT2D eigenvalue weighted by molar-refractivity contribution is 7.92. The van der Waals surface area contributed by atoms with Gasteiger partial charge in [-0.2, -0.15) is 0 Å². The van der Waals surface area contributed by atoms with Crippen molar-refractivity contribution in [3.8, 4) is 11.5 Å². The number of ether oxygens (including phenoxy) is 1. The highest BCUT2D eigenvalue weighted by atomic mass is 32.2. The van der Waals surface area contributed by atoms with Crippen molar-refractivity contribution in [2.45, 2.75) is 0 Å². The fourth-order valence-corrected chi connectivity index (χ4v) is 2.95. The molecule has 28 heavy (non-hydrogen) atoms. The quantitative estimate of drug-likeness (QED) is 0.503. The zero-order chi connectivity index (χ0) is 20.3. The summed E-state index contributed by atoms with van der Waals surface area (Å²) in [7, 11) is -0.0181. The molecule has 0 aliphatic carbocycles. The summed E-state index contributed by atoms with van der Waals surface area (Å²) in [6.45, 7) is 0. The second-order valence-corrected chi connectivity index (χ2v) is 8.04. The number of fused-ring (bicyclic) bond motifs is 1. The molecule has 0 aliphatic heterocycles. The second-order valence-electron chi connectivity index (χ2n) is 6.29. The lowest BCUT2D eigenvalue weighted by molar-refractivity contribution is 0.485. The Kier molecular flexibility index (Phi) is 5.36. The summed E-state index contributed by atoms with van der Waals surface area (Å²) < 4.78 is 37.1. The lowest BCUT2D eigenvalue weighted by Gasteiger charge is -2.13. The molecular formula is C19H19N3O5S. The van der Waals surface area contributed by atoms with Crippen molar-refractivity contribution in [1.82, 2.24) is 4.90 Å². The van der Waals surface area contributed by atoms with Crippen LogP contribution >= 0.6 is 0 Å². The number of anilines is 1. The number of hydrogen-bond donors (Lipinski definition) is 1. The van der Waals surface area contributed by atoms with Crippen molar-refractivity contribution >= 4 is 38.7 Å². The van der Waals surface area contributed by atoms with Gasteiger partial charge in [-0.05, 0) is 18.2 Å². The Hall–Kier alpha value is -3.33. The minimum Gasteiger partial charge on any atom is -0.462 e. The molecule has 0 amide bonds. The van der Waals surface area contributed by atoms with E-state index in [1.54, 1.807) is 43.3 Å². The second kappa shape index (κ2) is 7.73. The van der Waals surface area contributed by atoms with Crippen LogP contribution in [0.4, 0.5) is 11.4 Å². The summed E-state index contributed by atoms with van der Waals surface area (Å²) in [5.41, 5.74) is 0.130. The molecule has 0 unspecified atom stereocenters. The minimum absolute atomic E-state index is 0.121. The Morgan fingerprint density at radius 2 is 1.89 bits per heavy atom. The Labute approximate surface area is 162 Å². The average molecular weight is 401 g/mol. The van der Waals surface area contributed by atoms with Crippen LogP contribution < -0.4 is 14.9 Å². The first-order valence-corrected chi connectivity index (χ1v) is 10.1. The monoisotopic (exact) mass is 401 g/mol. The van der Waals surface area contributed by atoms with Crippen molar-refractivity contribution in [2.75, 3.05) is 25.1 Å². The molecule has 0 atom stereocenters. The number of aliphatic imine (C=N–C) groups is 1. The summed E-state index contributed by atoms with van der Waals surface area (Å²) in [6.07, 6.45) is 3.74. The molecule has 0 saturated carbocycles. The van der Waals surface area contributed by atoms with E-state index in [2.05, 4.69) is 9.71 Å². The summed E-state index contributed by atoms with van der Waals surface area (Å²) in [5, 5.41) is 0.221. The van der Waals surface area contributed by atoms with Gasteiger partial charge in [0, 0.05) is 20.2 Å². The number of nitrogens with one attached hydrogen (secondary N) is 1. The van der Waals surface area contributed by atoms with Crippen molar-refractivity contribution in [1.29, 1.82) is 0 Å². The van der Waals surface area contributed by atoms with Gasteiger partial charge in [-0.1, -0.05) is 18.2 Å². The molecule has 1 heterocycles. The first-order valence-electron chi connectivity index (χ1n) is 8.24. The van der Waals surface area contributed by atoms with Crippen molar-refractivity contribution < 1.29 is 17.6 Å². The minimum atomic E-state index is -3.58. The molecule has 3 rings (SSSR count). The number of benzene rings is 2. The van der Waals surface area contributed by atoms with Gasteiger partial charge in [-0.3, -0.25) is 9.52 Å². The zero-order valence-electron chi connectivity index (χ0n) is 15.5. The fourth-order valence-electron chi connectivity index (χ4n) is 2.39. The summed E-state index contributed by atoms with van der Waals surface area (Å²) in [4.78, 5) is 18.5. The molecule has 0 radical (unpaired) electrons. The Morgan fingerprint density at radius 3 is 2.54 bits per heavy atom. The predicted octanol–water partition coefficient (Wildman–Crippen LogP) is 3.18. The Morgan fingerprint density at radius 1 is 1.18 bits per heavy atom. The van der Waals surface area contributed by atoms with Gasteiger partial charge in [0.1, 0.15) is 23.3 Å². The Bertz CT molecular complexity index is 1190. The van der Waals surface area contributed by atoms with E-state index in [4.69, 9.17) is 9.15 Å². The number of para-hydroxylation sites is 1. The summed E-state index contributed by atoms with van der Waals surface area (Å²) in [6, 6.07) is 11.7. The van der Waals surface area contributed by atoms with E-state index >= 15 is 0 Å². The van der Waals surface area contributed by atoms with E-state index in [0.717, 1.165) is 6.26 Å². The maximum absolute atomic E-state index is 12.8.